The number of hydrogen-bond acceptors (Lipinski definition) is 4. The lowest BCUT2D eigenvalue weighted by Crippen LogP contribution is -2.41. The number of morpholine rings is 1. The van der Waals surface area contributed by atoms with E-state index < -0.39 is 15.8 Å². The van der Waals surface area contributed by atoms with Crippen molar-refractivity contribution in [2.45, 2.75) is 19.6 Å². The van der Waals surface area contributed by atoms with Crippen LogP contribution in [0.3, 0.4) is 0 Å². The number of sulfonamides is 1. The second-order valence-electron chi connectivity index (χ2n) is 6.22. The molecule has 1 aliphatic heterocycles. The molecule has 0 unspecified atom stereocenters. The zero-order valence-corrected chi connectivity index (χ0v) is 14.5. The largest absolute Gasteiger partial charge is 0.379 e. The molecule has 1 atom stereocenters. The van der Waals surface area contributed by atoms with Crippen molar-refractivity contribution in [3.05, 3.63) is 35.1 Å². The summed E-state index contributed by atoms with van der Waals surface area (Å²) >= 11 is 0. The van der Waals surface area contributed by atoms with Gasteiger partial charge in [-0.15, -0.1) is 0 Å². The lowest BCUT2D eigenvalue weighted by atomic mass is 10.1. The van der Waals surface area contributed by atoms with Gasteiger partial charge in [-0.25, -0.2) is 17.5 Å². The molecule has 5 nitrogen and oxygen atoms in total. The lowest BCUT2D eigenvalue weighted by Gasteiger charge is -2.29. The maximum absolute atomic E-state index is 13.8. The number of ether oxygens (including phenoxy) is 1. The fourth-order valence-electron chi connectivity index (χ4n) is 2.58. The van der Waals surface area contributed by atoms with Gasteiger partial charge in [-0.1, -0.05) is 19.1 Å². The first-order valence-corrected chi connectivity index (χ1v) is 9.53. The standard InChI is InChI=1S/C16H25FN2O3S/c1-13-3-4-15(16(17)9-13)12-23(20,21)18-10-14(2)11-19-5-7-22-8-6-19/h3-4,9,14,18H,5-8,10-12H2,1-2H3/t14-/m0/s1. The van der Waals surface area contributed by atoms with E-state index in [-0.39, 0.29) is 17.2 Å². The summed E-state index contributed by atoms with van der Waals surface area (Å²) in [5.74, 6) is -0.619. The van der Waals surface area contributed by atoms with E-state index in [0.717, 1.165) is 38.4 Å². The molecule has 0 aromatic heterocycles. The Labute approximate surface area is 137 Å². The molecule has 0 bridgehead atoms. The molecular weight excluding hydrogens is 319 g/mol. The first kappa shape index (κ1) is 18.3. The highest BCUT2D eigenvalue weighted by Crippen LogP contribution is 2.13. The Balaban J connectivity index is 1.83. The molecule has 1 fully saturated rings. The Kier molecular flexibility index (Phi) is 6.52. The Hall–Kier alpha value is -1.02. The maximum Gasteiger partial charge on any atom is 0.215 e. The number of halogens is 1. The van der Waals surface area contributed by atoms with Crippen molar-refractivity contribution in [1.29, 1.82) is 0 Å². The summed E-state index contributed by atoms with van der Waals surface area (Å²) in [5.41, 5.74) is 0.972. The quantitative estimate of drug-likeness (QED) is 0.815. The third kappa shape index (κ3) is 6.18. The van der Waals surface area contributed by atoms with Crippen molar-refractivity contribution in [1.82, 2.24) is 9.62 Å². The molecule has 1 N–H and O–H groups in total. The van der Waals surface area contributed by atoms with E-state index in [1.807, 2.05) is 6.92 Å². The monoisotopic (exact) mass is 344 g/mol. The summed E-state index contributed by atoms with van der Waals surface area (Å²) < 4.78 is 45.9. The van der Waals surface area contributed by atoms with Crippen molar-refractivity contribution < 1.29 is 17.5 Å². The van der Waals surface area contributed by atoms with E-state index in [4.69, 9.17) is 4.74 Å². The van der Waals surface area contributed by atoms with Crippen LogP contribution in [-0.2, 0) is 20.5 Å². The average Bonchev–Trinajstić information content (AvgIpc) is 2.49. The van der Waals surface area contributed by atoms with Gasteiger partial charge in [0.05, 0.1) is 19.0 Å². The van der Waals surface area contributed by atoms with Crippen LogP contribution in [0.4, 0.5) is 4.39 Å². The van der Waals surface area contributed by atoms with Crippen LogP contribution in [-0.4, -0.2) is 52.7 Å². The molecule has 1 heterocycles. The average molecular weight is 344 g/mol. The normalized spacial score (nSPS) is 18.0. The molecule has 0 amide bonds. The van der Waals surface area contributed by atoms with Gasteiger partial charge in [-0.2, -0.15) is 0 Å². The van der Waals surface area contributed by atoms with Gasteiger partial charge in [0.15, 0.2) is 0 Å². The summed E-state index contributed by atoms with van der Waals surface area (Å²) in [6.45, 7) is 8.17. The molecule has 130 valence electrons. The second-order valence-corrected chi connectivity index (χ2v) is 8.03. The third-order valence-electron chi connectivity index (χ3n) is 3.88. The minimum Gasteiger partial charge on any atom is -0.379 e. The van der Waals surface area contributed by atoms with E-state index in [9.17, 15) is 12.8 Å². The Morgan fingerprint density at radius 1 is 1.35 bits per heavy atom. The van der Waals surface area contributed by atoms with Crippen LogP contribution in [0.2, 0.25) is 0 Å². The van der Waals surface area contributed by atoms with Crippen molar-refractivity contribution in [3.63, 3.8) is 0 Å². The number of rotatable bonds is 7. The van der Waals surface area contributed by atoms with E-state index in [2.05, 4.69) is 9.62 Å². The summed E-state index contributed by atoms with van der Waals surface area (Å²) in [5, 5.41) is 0. The van der Waals surface area contributed by atoms with Crippen LogP contribution in [0, 0.1) is 18.7 Å². The van der Waals surface area contributed by atoms with Crippen molar-refractivity contribution >= 4 is 10.0 Å². The van der Waals surface area contributed by atoms with E-state index >= 15 is 0 Å². The summed E-state index contributed by atoms with van der Waals surface area (Å²) in [6, 6.07) is 4.60. The first-order chi connectivity index (χ1) is 10.9. The Morgan fingerprint density at radius 3 is 2.70 bits per heavy atom. The van der Waals surface area contributed by atoms with Gasteiger partial charge in [0.2, 0.25) is 10.0 Å². The van der Waals surface area contributed by atoms with Crippen LogP contribution in [0.25, 0.3) is 0 Å². The number of benzene rings is 1. The zero-order chi connectivity index (χ0) is 16.9. The van der Waals surface area contributed by atoms with E-state index in [1.54, 1.807) is 13.0 Å². The van der Waals surface area contributed by atoms with Crippen LogP contribution in [0.5, 0.6) is 0 Å². The fraction of sp³-hybridized carbons (Fsp3) is 0.625. The third-order valence-corrected chi connectivity index (χ3v) is 5.18. The van der Waals surface area contributed by atoms with E-state index in [1.165, 1.54) is 12.1 Å². The molecule has 1 aliphatic rings. The number of hydrogen-bond donors (Lipinski definition) is 1. The smallest absolute Gasteiger partial charge is 0.215 e. The van der Waals surface area contributed by atoms with Crippen LogP contribution in [0.1, 0.15) is 18.1 Å². The minimum atomic E-state index is -3.54. The molecule has 0 saturated carbocycles. The summed E-state index contributed by atoms with van der Waals surface area (Å²) in [7, 11) is -3.54. The molecule has 0 spiro atoms. The Morgan fingerprint density at radius 2 is 2.04 bits per heavy atom. The first-order valence-electron chi connectivity index (χ1n) is 7.88. The second kappa shape index (κ2) is 8.19. The summed E-state index contributed by atoms with van der Waals surface area (Å²) in [4.78, 5) is 2.27. The predicted octanol–water partition coefficient (Wildman–Crippen LogP) is 1.52. The molecule has 23 heavy (non-hydrogen) atoms. The minimum absolute atomic E-state index is 0.186. The van der Waals surface area contributed by atoms with E-state index in [0.29, 0.717) is 6.54 Å². The van der Waals surface area contributed by atoms with Gasteiger partial charge in [-0.3, -0.25) is 4.90 Å². The van der Waals surface area contributed by atoms with Crippen LogP contribution in [0.15, 0.2) is 18.2 Å². The van der Waals surface area contributed by atoms with Gasteiger partial charge in [0, 0.05) is 31.7 Å². The number of nitrogens with zero attached hydrogens (tertiary/aromatic N) is 1. The van der Waals surface area contributed by atoms with Gasteiger partial charge < -0.3 is 4.74 Å². The van der Waals surface area contributed by atoms with Gasteiger partial charge >= 0.3 is 0 Å². The molecule has 0 aliphatic carbocycles. The van der Waals surface area contributed by atoms with Crippen molar-refractivity contribution in [2.75, 3.05) is 39.4 Å². The highest BCUT2D eigenvalue weighted by Gasteiger charge is 2.18. The molecule has 7 heteroatoms. The van der Waals surface area contributed by atoms with Crippen LogP contribution >= 0.6 is 0 Å². The van der Waals surface area contributed by atoms with Gasteiger partial charge in [0.25, 0.3) is 0 Å². The lowest BCUT2D eigenvalue weighted by molar-refractivity contribution is 0.0321. The van der Waals surface area contributed by atoms with Crippen LogP contribution < -0.4 is 4.72 Å². The van der Waals surface area contributed by atoms with Gasteiger partial charge in [-0.05, 0) is 24.5 Å². The topological polar surface area (TPSA) is 58.6 Å². The SMILES string of the molecule is Cc1ccc(CS(=O)(=O)NC[C@H](C)CN2CCOCC2)c(F)c1. The highest BCUT2D eigenvalue weighted by molar-refractivity contribution is 7.88. The zero-order valence-electron chi connectivity index (χ0n) is 13.7. The molecule has 1 saturated heterocycles. The van der Waals surface area contributed by atoms with Gasteiger partial charge in [0.1, 0.15) is 5.82 Å². The fourth-order valence-corrected chi connectivity index (χ4v) is 3.87. The Bertz CT molecular complexity index is 616. The molecule has 2 rings (SSSR count). The van der Waals surface area contributed by atoms with Crippen molar-refractivity contribution in [3.8, 4) is 0 Å². The number of nitrogens with one attached hydrogen (secondary N) is 1. The summed E-state index contributed by atoms with van der Waals surface area (Å²) in [6.07, 6.45) is 0. The predicted molar refractivity (Wildman–Crippen MR) is 88.2 cm³/mol. The maximum atomic E-state index is 13.8. The molecular formula is C16H25FN2O3S. The molecule has 0 radical (unpaired) electrons. The highest BCUT2D eigenvalue weighted by atomic mass is 32.2. The number of aryl methyl sites for hydroxylation is 1. The molecule has 1 aromatic rings. The van der Waals surface area contributed by atoms with Crippen molar-refractivity contribution in [2.24, 2.45) is 5.92 Å². The molecule has 1 aromatic carbocycles.